The summed E-state index contributed by atoms with van der Waals surface area (Å²) >= 11 is 0. The summed E-state index contributed by atoms with van der Waals surface area (Å²) < 4.78 is 4.99. The molecule has 1 N–H and O–H groups in total. The highest BCUT2D eigenvalue weighted by Gasteiger charge is 2.46. The average Bonchev–Trinajstić information content (AvgIpc) is 3.14. The summed E-state index contributed by atoms with van der Waals surface area (Å²) in [7, 11) is 0. The van der Waals surface area contributed by atoms with E-state index in [1.807, 2.05) is 0 Å². The molecule has 1 atom stereocenters. The molecule has 0 aliphatic carbocycles. The van der Waals surface area contributed by atoms with Gasteiger partial charge in [0.1, 0.15) is 5.76 Å². The number of rotatable bonds is 6. The molecule has 9 nitrogen and oxygen atoms in total. The van der Waals surface area contributed by atoms with Crippen LogP contribution in [-0.2, 0) is 14.3 Å². The first-order valence-electron chi connectivity index (χ1n) is 10.7. The summed E-state index contributed by atoms with van der Waals surface area (Å²) in [5.41, 5.74) is 1.04. The topological polar surface area (TPSA) is 127 Å². The number of nitro benzene ring substituents is 1. The van der Waals surface area contributed by atoms with Crippen LogP contribution >= 0.6 is 0 Å². The van der Waals surface area contributed by atoms with Crippen LogP contribution in [0.4, 0.5) is 11.4 Å². The molecule has 0 radical (unpaired) electrons. The Kier molecular flexibility index (Phi) is 6.41. The monoisotopic (exact) mass is 472 g/mol. The van der Waals surface area contributed by atoms with Gasteiger partial charge in [-0.1, -0.05) is 30.3 Å². The summed E-state index contributed by atoms with van der Waals surface area (Å²) in [6, 6.07) is 18.8. The zero-order valence-electron chi connectivity index (χ0n) is 18.6. The lowest BCUT2D eigenvalue weighted by atomic mass is 9.95. The van der Waals surface area contributed by atoms with E-state index in [0.717, 1.165) is 0 Å². The largest absolute Gasteiger partial charge is 0.507 e. The molecule has 0 bridgehead atoms. The van der Waals surface area contributed by atoms with E-state index < -0.39 is 34.4 Å². The Hall–Kier alpha value is -4.79. The lowest BCUT2D eigenvalue weighted by molar-refractivity contribution is -0.384. The number of anilines is 1. The number of hydrogen-bond donors (Lipinski definition) is 1. The number of nitrogens with zero attached hydrogens (tertiary/aromatic N) is 2. The van der Waals surface area contributed by atoms with Crippen molar-refractivity contribution in [3.8, 4) is 0 Å². The number of ketones is 1. The standard InChI is InChI=1S/C26H20N2O7/c1-2-35-26(32)18-10-12-19(13-11-18)27-22(16-6-4-3-5-7-16)21(24(30)25(27)31)23(29)17-8-14-20(15-9-17)28(33)34/h3-15,22,29H,2H2,1H3/b23-21-/t22-/m0/s1. The Morgan fingerprint density at radius 2 is 1.57 bits per heavy atom. The molecule has 4 rings (SSSR count). The molecule has 1 saturated heterocycles. The first kappa shape index (κ1) is 23.4. The third-order valence-electron chi connectivity index (χ3n) is 5.57. The van der Waals surface area contributed by atoms with Gasteiger partial charge in [-0.15, -0.1) is 0 Å². The Morgan fingerprint density at radius 3 is 2.14 bits per heavy atom. The van der Waals surface area contributed by atoms with Crippen molar-refractivity contribution in [3.05, 3.63) is 111 Å². The maximum atomic E-state index is 13.2. The number of aliphatic hydroxyl groups is 1. The van der Waals surface area contributed by atoms with E-state index in [4.69, 9.17) is 4.74 Å². The summed E-state index contributed by atoms with van der Waals surface area (Å²) in [5, 5.41) is 22.0. The number of nitro groups is 1. The molecule has 35 heavy (non-hydrogen) atoms. The van der Waals surface area contributed by atoms with Gasteiger partial charge in [-0.2, -0.15) is 0 Å². The lowest BCUT2D eigenvalue weighted by Gasteiger charge is -2.25. The van der Waals surface area contributed by atoms with Crippen LogP contribution in [0.3, 0.4) is 0 Å². The van der Waals surface area contributed by atoms with Crippen LogP contribution in [0.5, 0.6) is 0 Å². The molecule has 176 valence electrons. The number of hydrogen-bond acceptors (Lipinski definition) is 7. The van der Waals surface area contributed by atoms with Crippen LogP contribution < -0.4 is 4.90 Å². The smallest absolute Gasteiger partial charge is 0.338 e. The fraction of sp³-hybridized carbons (Fsp3) is 0.115. The zero-order chi connectivity index (χ0) is 25.1. The quantitative estimate of drug-likeness (QED) is 0.141. The Morgan fingerprint density at radius 1 is 0.971 bits per heavy atom. The summed E-state index contributed by atoms with van der Waals surface area (Å²) in [6.45, 7) is 1.91. The SMILES string of the molecule is CCOC(=O)c1ccc(N2C(=O)C(=O)/C(=C(\O)c3ccc([N+](=O)[O-])cc3)[C@@H]2c2ccccc2)cc1. The van der Waals surface area contributed by atoms with Crippen LogP contribution in [0, 0.1) is 10.1 Å². The normalized spacial score (nSPS) is 16.8. The van der Waals surface area contributed by atoms with E-state index in [0.29, 0.717) is 11.3 Å². The van der Waals surface area contributed by atoms with Crippen molar-refractivity contribution in [2.45, 2.75) is 13.0 Å². The van der Waals surface area contributed by atoms with Crippen molar-refractivity contribution in [1.82, 2.24) is 0 Å². The third kappa shape index (κ3) is 4.39. The summed E-state index contributed by atoms with van der Waals surface area (Å²) in [5.74, 6) is -2.72. The van der Waals surface area contributed by atoms with Crippen molar-refractivity contribution in [3.63, 3.8) is 0 Å². The van der Waals surface area contributed by atoms with Crippen molar-refractivity contribution in [1.29, 1.82) is 0 Å². The lowest BCUT2D eigenvalue weighted by Crippen LogP contribution is -2.29. The molecular weight excluding hydrogens is 452 g/mol. The molecule has 0 unspecified atom stereocenters. The van der Waals surface area contributed by atoms with Gasteiger partial charge in [0.05, 0.1) is 28.7 Å². The first-order chi connectivity index (χ1) is 16.8. The molecule has 1 amide bonds. The number of non-ortho nitro benzene ring substituents is 1. The Bertz CT molecular complexity index is 1330. The van der Waals surface area contributed by atoms with Gasteiger partial charge in [-0.05, 0) is 48.9 Å². The number of Topliss-reactive ketones (excluding diaryl/α,β-unsaturated/α-hetero) is 1. The van der Waals surface area contributed by atoms with Crippen LogP contribution in [-0.4, -0.2) is 34.3 Å². The molecule has 9 heteroatoms. The third-order valence-corrected chi connectivity index (χ3v) is 5.57. The van der Waals surface area contributed by atoms with Gasteiger partial charge >= 0.3 is 5.97 Å². The predicted octanol–water partition coefficient (Wildman–Crippen LogP) is 4.40. The number of carbonyl (C=O) groups excluding carboxylic acids is 3. The van der Waals surface area contributed by atoms with Crippen LogP contribution in [0.15, 0.2) is 84.4 Å². The van der Waals surface area contributed by atoms with E-state index in [1.54, 1.807) is 37.3 Å². The molecule has 1 aliphatic heterocycles. The number of carbonyl (C=O) groups is 3. The molecule has 0 spiro atoms. The van der Waals surface area contributed by atoms with Crippen LogP contribution in [0.1, 0.15) is 34.5 Å². The second-order valence-electron chi connectivity index (χ2n) is 7.65. The van der Waals surface area contributed by atoms with Crippen molar-refractivity contribution in [2.75, 3.05) is 11.5 Å². The molecular formula is C26H20N2O7. The minimum Gasteiger partial charge on any atom is -0.507 e. The minimum atomic E-state index is -0.958. The van der Waals surface area contributed by atoms with Gasteiger partial charge in [0, 0.05) is 23.4 Å². The molecule has 3 aromatic rings. The van der Waals surface area contributed by atoms with E-state index in [9.17, 15) is 29.6 Å². The molecule has 3 aromatic carbocycles. The van der Waals surface area contributed by atoms with E-state index in [-0.39, 0.29) is 29.0 Å². The zero-order valence-corrected chi connectivity index (χ0v) is 18.6. The highest BCUT2D eigenvalue weighted by Crippen LogP contribution is 2.42. The number of amides is 1. The Balaban J connectivity index is 1.83. The molecule has 1 fully saturated rings. The molecule has 1 heterocycles. The van der Waals surface area contributed by atoms with Gasteiger partial charge in [0.2, 0.25) is 0 Å². The minimum absolute atomic E-state index is 0.149. The highest BCUT2D eigenvalue weighted by atomic mass is 16.6. The summed E-state index contributed by atoms with van der Waals surface area (Å²) in [4.78, 5) is 49.9. The molecule has 1 aliphatic rings. The van der Waals surface area contributed by atoms with Gasteiger partial charge in [0.25, 0.3) is 17.4 Å². The van der Waals surface area contributed by atoms with Gasteiger partial charge in [-0.25, -0.2) is 4.79 Å². The van der Waals surface area contributed by atoms with Gasteiger partial charge < -0.3 is 9.84 Å². The summed E-state index contributed by atoms with van der Waals surface area (Å²) in [6.07, 6.45) is 0. The van der Waals surface area contributed by atoms with E-state index >= 15 is 0 Å². The number of benzene rings is 3. The van der Waals surface area contributed by atoms with Crippen molar-refractivity contribution < 1.29 is 29.2 Å². The maximum Gasteiger partial charge on any atom is 0.338 e. The second kappa shape index (κ2) is 9.60. The van der Waals surface area contributed by atoms with Crippen LogP contribution in [0.2, 0.25) is 0 Å². The maximum absolute atomic E-state index is 13.2. The average molecular weight is 472 g/mol. The number of aliphatic hydroxyl groups excluding tert-OH is 1. The molecule has 0 aromatic heterocycles. The fourth-order valence-electron chi connectivity index (χ4n) is 3.92. The highest BCUT2D eigenvalue weighted by molar-refractivity contribution is 6.51. The van der Waals surface area contributed by atoms with E-state index in [2.05, 4.69) is 0 Å². The van der Waals surface area contributed by atoms with Crippen LogP contribution in [0.25, 0.3) is 5.76 Å². The number of esters is 1. The fourth-order valence-corrected chi connectivity index (χ4v) is 3.92. The predicted molar refractivity (Wildman–Crippen MR) is 127 cm³/mol. The Labute approximate surface area is 200 Å². The molecule has 0 saturated carbocycles. The van der Waals surface area contributed by atoms with Gasteiger partial charge in [0.15, 0.2) is 0 Å². The first-order valence-corrected chi connectivity index (χ1v) is 10.7. The van der Waals surface area contributed by atoms with E-state index in [1.165, 1.54) is 53.4 Å². The van der Waals surface area contributed by atoms with Crippen molar-refractivity contribution in [2.24, 2.45) is 0 Å². The van der Waals surface area contributed by atoms with Gasteiger partial charge in [-0.3, -0.25) is 24.6 Å². The second-order valence-corrected chi connectivity index (χ2v) is 7.65. The van der Waals surface area contributed by atoms with Crippen molar-refractivity contribution >= 4 is 34.8 Å². The number of ether oxygens (including phenoxy) is 1.